The molecule has 0 bridgehead atoms. The van der Waals surface area contributed by atoms with E-state index < -0.39 is 0 Å². The van der Waals surface area contributed by atoms with Crippen LogP contribution in [0.4, 0.5) is 0 Å². The number of hydrogen-bond donors (Lipinski definition) is 0. The van der Waals surface area contributed by atoms with Crippen LogP contribution in [0.5, 0.6) is 0 Å². The van der Waals surface area contributed by atoms with Crippen molar-refractivity contribution in [2.75, 3.05) is 0 Å². The molecule has 0 amide bonds. The smallest absolute Gasteiger partial charge is 0 e. The van der Waals surface area contributed by atoms with Crippen molar-refractivity contribution in [3.8, 4) is 18.2 Å². The van der Waals surface area contributed by atoms with E-state index in [4.69, 9.17) is 29.7 Å². The van der Waals surface area contributed by atoms with Gasteiger partial charge in [0.05, 0.1) is 18.2 Å². The molecule has 0 aliphatic heterocycles. The Morgan fingerprint density at radius 3 is 0.842 bits per heavy atom. The zero-order valence-corrected chi connectivity index (χ0v) is 18.7. The Kier molecular flexibility index (Phi) is 791. The van der Waals surface area contributed by atoms with Crippen LogP contribution in [0.3, 0.4) is 0 Å². The second kappa shape index (κ2) is 297. The van der Waals surface area contributed by atoms with Crippen LogP contribution in [0, 0.1) is 53.9 Å². The van der Waals surface area contributed by atoms with Crippen LogP contribution in [-0.2, 0) is 34.4 Å². The van der Waals surface area contributed by atoms with Gasteiger partial charge in [-0.25, -0.2) is 0 Å². The molecular weight excluding hydrogens is 718 g/mol. The minimum atomic E-state index is 0. The first kappa shape index (κ1) is 50.6. The van der Waals surface area contributed by atoms with Gasteiger partial charge < -0.3 is 0 Å². The van der Waals surface area contributed by atoms with Gasteiger partial charge in [-0.15, -0.1) is 0 Å². The number of nitrogens with zero attached hydrogens (tertiary/aromatic N) is 3. The fourth-order valence-electron chi connectivity index (χ4n) is 0. The predicted octanol–water partition coefficient (Wildman–Crippen LogP) is 0.210. The van der Waals surface area contributed by atoms with E-state index in [1.807, 2.05) is 0 Å². The van der Waals surface area contributed by atoms with Gasteiger partial charge in [0.25, 0.3) is 0 Å². The average Bonchev–Trinajstić information content (AvgIpc) is 2.40. The SMILES string of the molecule is Br[I-]I.CC#N.CC#N.CC#N.[C-]#[O+].[C-]#[O+].[C-]#[O+].[Re]. The van der Waals surface area contributed by atoms with E-state index in [2.05, 4.69) is 51.3 Å². The molecule has 0 saturated carbocycles. The van der Waals surface area contributed by atoms with Gasteiger partial charge in [0.15, 0.2) is 0 Å². The second-order valence-corrected chi connectivity index (χ2v) is 13.3. The Morgan fingerprint density at radius 1 is 0.842 bits per heavy atom. The van der Waals surface area contributed by atoms with Gasteiger partial charge in [-0.3, -0.25) is 0 Å². The Morgan fingerprint density at radius 2 is 0.842 bits per heavy atom. The molecule has 0 unspecified atom stereocenters. The van der Waals surface area contributed by atoms with Gasteiger partial charge in [0, 0.05) is 41.2 Å². The van der Waals surface area contributed by atoms with Crippen molar-refractivity contribution >= 4 is 31.3 Å². The molecule has 0 aromatic heterocycles. The normalized spacial score (nSPS) is 2.74. The summed E-state index contributed by atoms with van der Waals surface area (Å²) in [6.45, 7) is 17.8. The van der Waals surface area contributed by atoms with E-state index in [-0.39, 0.29) is 20.4 Å². The van der Waals surface area contributed by atoms with Crippen molar-refractivity contribution in [3.63, 3.8) is 0 Å². The van der Waals surface area contributed by atoms with Crippen LogP contribution in [-0.4, -0.2) is 0 Å². The molecule has 0 aliphatic carbocycles. The van der Waals surface area contributed by atoms with E-state index in [1.165, 1.54) is 20.8 Å². The molecular formula is C9H9BrI2N3O3Re-. The summed E-state index contributed by atoms with van der Waals surface area (Å²) < 4.78 is 22.5. The van der Waals surface area contributed by atoms with Gasteiger partial charge in [-0.1, -0.05) is 0 Å². The maximum Gasteiger partial charge on any atom is 0 e. The minimum Gasteiger partial charge on any atom is 0 e. The molecule has 107 valence electrons. The van der Waals surface area contributed by atoms with Crippen LogP contribution < -0.4 is 15.0 Å². The summed E-state index contributed by atoms with van der Waals surface area (Å²) in [5.41, 5.74) is 0. The fraction of sp³-hybridized carbons (Fsp3) is 0.333. The van der Waals surface area contributed by atoms with Crippen molar-refractivity contribution in [3.05, 3.63) is 20.0 Å². The predicted molar refractivity (Wildman–Crippen MR) is 68.6 cm³/mol. The van der Waals surface area contributed by atoms with Crippen molar-refractivity contribution in [2.24, 2.45) is 0 Å². The molecule has 0 fully saturated rings. The maximum atomic E-state index is 7.50. The van der Waals surface area contributed by atoms with Crippen LogP contribution in [0.25, 0.3) is 0 Å². The molecule has 10 heteroatoms. The third kappa shape index (κ3) is 56800. The zero-order valence-electron chi connectivity index (χ0n) is 10.1. The van der Waals surface area contributed by atoms with Crippen molar-refractivity contribution in [2.45, 2.75) is 20.8 Å². The number of nitriles is 3. The van der Waals surface area contributed by atoms with Crippen molar-refractivity contribution in [1.82, 2.24) is 0 Å². The summed E-state index contributed by atoms with van der Waals surface area (Å²) in [6.07, 6.45) is 0. The summed E-state index contributed by atoms with van der Waals surface area (Å²) in [4.78, 5) is 0. The topological polar surface area (TPSA) is 131 Å². The first-order valence-electron chi connectivity index (χ1n) is 3.07. The molecule has 0 N–H and O–H groups in total. The molecule has 0 spiro atoms. The van der Waals surface area contributed by atoms with Gasteiger partial charge >= 0.3 is 80.2 Å². The van der Waals surface area contributed by atoms with Crippen LogP contribution in [0.15, 0.2) is 0 Å². The Hall–Kier alpha value is 0.292. The Bertz CT molecular complexity index is 224. The van der Waals surface area contributed by atoms with Gasteiger partial charge in [0.2, 0.25) is 0 Å². The van der Waals surface area contributed by atoms with E-state index in [0.29, 0.717) is 15.0 Å². The monoisotopic (exact) mass is 727 g/mol. The van der Waals surface area contributed by atoms with Gasteiger partial charge in [0.1, 0.15) is 0 Å². The third-order valence-electron chi connectivity index (χ3n) is 0. The van der Waals surface area contributed by atoms with Crippen LogP contribution >= 0.6 is 31.3 Å². The summed E-state index contributed by atoms with van der Waals surface area (Å²) in [7, 11) is 0. The summed E-state index contributed by atoms with van der Waals surface area (Å²) in [5.74, 6) is 0. The first-order valence-corrected chi connectivity index (χ1v) is 14.2. The number of halogens is 3. The molecule has 6 nitrogen and oxygen atoms in total. The summed E-state index contributed by atoms with van der Waals surface area (Å²) in [6, 6.07) is 5.25. The molecule has 0 saturated heterocycles. The van der Waals surface area contributed by atoms with E-state index in [1.54, 1.807) is 18.2 Å². The average molecular weight is 727 g/mol. The molecule has 0 aliphatic rings. The number of rotatable bonds is 0. The minimum absolute atomic E-state index is 0. The van der Waals surface area contributed by atoms with E-state index >= 15 is 0 Å². The molecule has 1 radical (unpaired) electrons. The third-order valence-corrected chi connectivity index (χ3v) is 0. The summed E-state index contributed by atoms with van der Waals surface area (Å²) in [5, 5.41) is 22.0. The second-order valence-electron chi connectivity index (χ2n) is 0.725. The Balaban J connectivity index is -0.0000000124. The van der Waals surface area contributed by atoms with E-state index in [0.717, 1.165) is 0 Å². The largest absolute Gasteiger partial charge is 0 e. The van der Waals surface area contributed by atoms with Crippen LogP contribution in [0.1, 0.15) is 20.8 Å². The van der Waals surface area contributed by atoms with E-state index in [9.17, 15) is 0 Å². The summed E-state index contributed by atoms with van der Waals surface area (Å²) >= 11 is 5.93. The molecule has 0 aromatic rings. The molecule has 0 heterocycles. The fourth-order valence-corrected chi connectivity index (χ4v) is 0. The Labute approximate surface area is 153 Å². The number of hydrogen-bond acceptors (Lipinski definition) is 3. The molecule has 0 rings (SSSR count). The first-order chi connectivity index (χ1) is 8.66. The molecule has 19 heavy (non-hydrogen) atoms. The molecule has 0 aromatic carbocycles. The zero-order chi connectivity index (χ0) is 16.8. The van der Waals surface area contributed by atoms with Crippen molar-refractivity contribution < 1.29 is 49.4 Å². The van der Waals surface area contributed by atoms with Gasteiger partial charge in [-0.2, -0.15) is 15.8 Å². The quantitative estimate of drug-likeness (QED) is 0.201. The van der Waals surface area contributed by atoms with Crippen LogP contribution in [0.2, 0.25) is 0 Å². The standard InChI is InChI=1S/3C2H3N.3CO.BrI2.Re/c3*1-2-3;3*1-2;1-3-2;/h3*1H3;;;;;/q;;;;;;-1;. The van der Waals surface area contributed by atoms with Crippen molar-refractivity contribution in [1.29, 1.82) is 15.8 Å². The molecule has 0 atom stereocenters. The van der Waals surface area contributed by atoms with Gasteiger partial charge in [-0.05, 0) is 0 Å². The maximum absolute atomic E-state index is 7.50.